The van der Waals surface area contributed by atoms with Gasteiger partial charge in [0, 0.05) is 61.6 Å². The number of nitriles is 1. The van der Waals surface area contributed by atoms with E-state index in [-0.39, 0.29) is 48.3 Å². The van der Waals surface area contributed by atoms with Gasteiger partial charge in [-0.25, -0.2) is 22.5 Å². The summed E-state index contributed by atoms with van der Waals surface area (Å²) >= 11 is 1.14. The minimum absolute atomic E-state index is 0.0163. The topological polar surface area (TPSA) is 111 Å². The van der Waals surface area contributed by atoms with Gasteiger partial charge >= 0.3 is 12.2 Å². The molecule has 0 spiro atoms. The van der Waals surface area contributed by atoms with Crippen molar-refractivity contribution in [1.29, 1.82) is 5.26 Å². The van der Waals surface area contributed by atoms with Crippen LogP contribution in [0.15, 0.2) is 41.8 Å². The molecule has 18 heteroatoms. The number of anilines is 1. The first kappa shape index (κ1) is 36.9. The highest BCUT2D eigenvalue weighted by molar-refractivity contribution is 7.10. The molecule has 7 rings (SSSR count). The molecule has 3 unspecified atom stereocenters. The second-order valence-corrected chi connectivity index (χ2v) is 13.3. The molecule has 0 radical (unpaired) electrons. The highest BCUT2D eigenvalue weighted by Gasteiger charge is 2.39. The van der Waals surface area contributed by atoms with Crippen LogP contribution in [0, 0.1) is 23.0 Å². The number of fused-ring (bicyclic) bond motifs is 2. The van der Waals surface area contributed by atoms with Gasteiger partial charge in [0.1, 0.15) is 39.6 Å². The Kier molecular flexibility index (Phi) is 10.9. The lowest BCUT2D eigenvalue weighted by atomic mass is 10.0. The van der Waals surface area contributed by atoms with E-state index in [2.05, 4.69) is 24.8 Å². The minimum atomic E-state index is -5.14. The molecule has 6 heterocycles. The molecule has 3 aliphatic rings. The average molecular weight is 749 g/mol. The van der Waals surface area contributed by atoms with Crippen molar-refractivity contribution in [3.05, 3.63) is 64.0 Å². The summed E-state index contributed by atoms with van der Waals surface area (Å²) in [5.74, 6) is -4.81. The predicted octanol–water partition coefficient (Wildman–Crippen LogP) is 6.59. The third kappa shape index (κ3) is 7.65. The molecule has 0 saturated carbocycles. The molecule has 1 amide bonds. The lowest BCUT2D eigenvalue weighted by molar-refractivity contribution is -0.139. The molecule has 1 aromatic carbocycles. The van der Waals surface area contributed by atoms with Crippen LogP contribution in [0.5, 0.6) is 6.01 Å². The van der Waals surface area contributed by atoms with E-state index in [1.165, 1.54) is 31.0 Å². The van der Waals surface area contributed by atoms with E-state index < -0.39 is 64.1 Å². The van der Waals surface area contributed by atoms with E-state index in [1.54, 1.807) is 10.3 Å². The van der Waals surface area contributed by atoms with Crippen LogP contribution >= 0.6 is 11.3 Å². The van der Waals surface area contributed by atoms with Gasteiger partial charge < -0.3 is 14.5 Å². The molecular formula is C34H31F7N8O2S. The molecule has 3 atom stereocenters. The largest absolute Gasteiger partial charge is 0.467 e. The molecular weight excluding hydrogens is 717 g/mol. The number of carbonyl (C=O) groups excluding carboxylic acids is 1. The molecule has 4 aromatic rings. The summed E-state index contributed by atoms with van der Waals surface area (Å²) in [6.07, 6.45) is 1.01. The van der Waals surface area contributed by atoms with E-state index in [4.69, 9.17) is 4.74 Å². The Morgan fingerprint density at radius 1 is 1.15 bits per heavy atom. The number of amides is 1. The van der Waals surface area contributed by atoms with E-state index in [0.717, 1.165) is 48.7 Å². The van der Waals surface area contributed by atoms with Crippen molar-refractivity contribution < 1.29 is 40.3 Å². The van der Waals surface area contributed by atoms with Crippen molar-refractivity contribution in [1.82, 2.24) is 29.7 Å². The normalized spacial score (nSPS) is 20.8. The summed E-state index contributed by atoms with van der Waals surface area (Å²) < 4.78 is 104. The van der Waals surface area contributed by atoms with Crippen LogP contribution in [0.2, 0.25) is 0 Å². The van der Waals surface area contributed by atoms with Crippen molar-refractivity contribution >= 4 is 40.0 Å². The standard InChI is InChI=1S/C27H19F6N7O2S.C7H12FN/c1-42-26-37-23-16(12-36-22(21(23)30)15-3-2-4-17(28)20(15)27(31,32)33)24(38-26)39-8-9-40(14(13-39)5-6-34)25(41)18(29)11-19-35-7-10-43-19;8-6-4-7-2-1-3-9(7)5-6/h2-4,7,10-12,14H,5,8-9,13H2,1H3;6-7H,1-5H2/b18-11-;. The molecule has 10 nitrogen and oxygen atoms in total. The van der Waals surface area contributed by atoms with Gasteiger partial charge in [0.2, 0.25) is 0 Å². The number of piperazine rings is 1. The number of thiazole rings is 1. The molecule has 274 valence electrons. The molecule has 0 N–H and O–H groups in total. The zero-order valence-corrected chi connectivity index (χ0v) is 28.4. The fourth-order valence-electron chi connectivity index (χ4n) is 6.79. The molecule has 3 aliphatic heterocycles. The second kappa shape index (κ2) is 15.4. The Labute approximate surface area is 297 Å². The van der Waals surface area contributed by atoms with Crippen LogP contribution in [0.1, 0.15) is 36.3 Å². The van der Waals surface area contributed by atoms with Crippen LogP contribution in [0.25, 0.3) is 28.2 Å². The number of nitrogens with zero attached hydrogens (tertiary/aromatic N) is 8. The number of rotatable bonds is 6. The maximum absolute atomic E-state index is 15.9. The van der Waals surface area contributed by atoms with E-state index >= 15 is 4.39 Å². The first-order valence-corrected chi connectivity index (χ1v) is 17.1. The Bertz CT molecular complexity index is 1990. The number of ether oxygens (including phenoxy) is 1. The van der Waals surface area contributed by atoms with Crippen molar-refractivity contribution in [3.63, 3.8) is 0 Å². The third-order valence-corrected chi connectivity index (χ3v) is 9.84. The van der Waals surface area contributed by atoms with E-state index in [9.17, 15) is 36.4 Å². The lowest BCUT2D eigenvalue weighted by Gasteiger charge is -2.41. The van der Waals surface area contributed by atoms with Gasteiger partial charge in [0.05, 0.1) is 31.0 Å². The van der Waals surface area contributed by atoms with Gasteiger partial charge in [-0.15, -0.1) is 11.3 Å². The Balaban J connectivity index is 0.000000444. The summed E-state index contributed by atoms with van der Waals surface area (Å²) in [4.78, 5) is 34.1. The summed E-state index contributed by atoms with van der Waals surface area (Å²) in [5, 5.41) is 11.3. The lowest BCUT2D eigenvalue weighted by Crippen LogP contribution is -2.55. The van der Waals surface area contributed by atoms with E-state index in [0.29, 0.717) is 18.7 Å². The van der Waals surface area contributed by atoms with Crippen molar-refractivity contribution in [2.45, 2.75) is 50.1 Å². The van der Waals surface area contributed by atoms with Crippen LogP contribution in [0.4, 0.5) is 36.6 Å². The SMILES string of the molecule is COc1nc(N2CCN(C(=O)/C(F)=C/c3nccs3)C(CC#N)C2)c2cnc(-c3cccc(F)c3C(F)(F)F)c(F)c2n1.FC1CC2CCCN2C1. The molecule has 3 saturated heterocycles. The second-order valence-electron chi connectivity index (χ2n) is 12.3. The Hall–Kier alpha value is -4.89. The number of aromatic nitrogens is 4. The number of alkyl halides is 4. The minimum Gasteiger partial charge on any atom is -0.467 e. The smallest absolute Gasteiger partial charge is 0.419 e. The van der Waals surface area contributed by atoms with Gasteiger partial charge in [-0.1, -0.05) is 12.1 Å². The first-order chi connectivity index (χ1) is 24.9. The van der Waals surface area contributed by atoms with Gasteiger partial charge in [0.25, 0.3) is 5.91 Å². The number of methoxy groups -OCH3 is 1. The quantitative estimate of drug-likeness (QED) is 0.159. The average Bonchev–Trinajstić information content (AvgIpc) is 3.87. The third-order valence-electron chi connectivity index (χ3n) is 9.11. The Morgan fingerprint density at radius 2 is 1.96 bits per heavy atom. The summed E-state index contributed by atoms with van der Waals surface area (Å²) in [7, 11) is 1.20. The van der Waals surface area contributed by atoms with Crippen LogP contribution in [-0.2, 0) is 11.0 Å². The number of hydrogen-bond acceptors (Lipinski definition) is 10. The summed E-state index contributed by atoms with van der Waals surface area (Å²) in [6.45, 7) is 1.82. The molecule has 3 aromatic heterocycles. The summed E-state index contributed by atoms with van der Waals surface area (Å²) in [5.41, 5.74) is -3.73. The van der Waals surface area contributed by atoms with Crippen LogP contribution in [-0.4, -0.2) is 93.7 Å². The monoisotopic (exact) mass is 748 g/mol. The zero-order chi connectivity index (χ0) is 37.2. The van der Waals surface area contributed by atoms with Crippen molar-refractivity contribution in [2.24, 2.45) is 0 Å². The van der Waals surface area contributed by atoms with Crippen molar-refractivity contribution in [3.8, 4) is 23.3 Å². The molecule has 52 heavy (non-hydrogen) atoms. The number of pyridine rings is 1. The van der Waals surface area contributed by atoms with E-state index in [1.807, 2.05) is 6.07 Å². The molecule has 3 fully saturated rings. The summed E-state index contributed by atoms with van der Waals surface area (Å²) in [6, 6.07) is 3.95. The first-order valence-electron chi connectivity index (χ1n) is 16.2. The highest BCUT2D eigenvalue weighted by atomic mass is 32.1. The van der Waals surface area contributed by atoms with Gasteiger partial charge in [-0.2, -0.15) is 28.4 Å². The maximum atomic E-state index is 15.9. The highest BCUT2D eigenvalue weighted by Crippen LogP contribution is 2.41. The van der Waals surface area contributed by atoms with Crippen molar-refractivity contribution in [2.75, 3.05) is 44.7 Å². The molecule has 0 aliphatic carbocycles. The fraction of sp³-hybridized carbons (Fsp3) is 0.412. The van der Waals surface area contributed by atoms with Gasteiger partial charge in [0.15, 0.2) is 11.6 Å². The predicted molar refractivity (Wildman–Crippen MR) is 177 cm³/mol. The molecule has 0 bridgehead atoms. The van der Waals surface area contributed by atoms with Gasteiger partial charge in [-0.05, 0) is 31.9 Å². The van der Waals surface area contributed by atoms with Gasteiger partial charge in [-0.3, -0.25) is 14.7 Å². The number of halogens is 7. The number of benzene rings is 1. The number of hydrogen-bond donors (Lipinski definition) is 0. The Morgan fingerprint density at radius 3 is 2.65 bits per heavy atom. The fourth-order valence-corrected chi connectivity index (χ4v) is 7.34. The van der Waals surface area contributed by atoms with Crippen LogP contribution < -0.4 is 9.64 Å². The maximum Gasteiger partial charge on any atom is 0.419 e. The zero-order valence-electron chi connectivity index (χ0n) is 27.6. The number of carbonyl (C=O) groups is 1. The van der Waals surface area contributed by atoms with Crippen LogP contribution in [0.3, 0.4) is 0 Å².